The fourth-order valence-corrected chi connectivity index (χ4v) is 2.56. The summed E-state index contributed by atoms with van der Waals surface area (Å²) in [6, 6.07) is 10.7. The zero-order chi connectivity index (χ0) is 15.8. The lowest BCUT2D eigenvalue weighted by molar-refractivity contribution is -0.116. The van der Waals surface area contributed by atoms with Crippen LogP contribution in [-0.2, 0) is 11.4 Å². The van der Waals surface area contributed by atoms with Gasteiger partial charge >= 0.3 is 0 Å². The summed E-state index contributed by atoms with van der Waals surface area (Å²) in [7, 11) is 0. The molecule has 2 amide bonds. The summed E-state index contributed by atoms with van der Waals surface area (Å²) < 4.78 is 0. The van der Waals surface area contributed by atoms with Crippen molar-refractivity contribution in [3.63, 3.8) is 0 Å². The van der Waals surface area contributed by atoms with Crippen molar-refractivity contribution in [2.45, 2.75) is 19.4 Å². The monoisotopic (exact) mass is 318 g/mol. The van der Waals surface area contributed by atoms with E-state index in [0.717, 1.165) is 5.56 Å². The molecular formula is C16H18N2O3S. The fraction of sp³-hybridized carbons (Fsp3) is 0.250. The van der Waals surface area contributed by atoms with E-state index in [2.05, 4.69) is 10.6 Å². The van der Waals surface area contributed by atoms with Crippen LogP contribution < -0.4 is 10.6 Å². The number of aliphatic hydroxyl groups excluding tert-OH is 1. The van der Waals surface area contributed by atoms with Crippen LogP contribution in [0.2, 0.25) is 0 Å². The van der Waals surface area contributed by atoms with Gasteiger partial charge in [0.2, 0.25) is 5.91 Å². The van der Waals surface area contributed by atoms with Crippen molar-refractivity contribution in [3.8, 4) is 0 Å². The highest BCUT2D eigenvalue weighted by Crippen LogP contribution is 2.11. The first-order chi connectivity index (χ1) is 10.7. The van der Waals surface area contributed by atoms with Gasteiger partial charge in [0.15, 0.2) is 0 Å². The summed E-state index contributed by atoms with van der Waals surface area (Å²) in [6.45, 7) is 0.402. The third-order valence-corrected chi connectivity index (χ3v) is 3.87. The Balaban J connectivity index is 1.68. The molecule has 1 heterocycles. The number of anilines is 1. The lowest BCUT2D eigenvalue weighted by Crippen LogP contribution is -2.24. The minimum absolute atomic E-state index is 0.0571. The third kappa shape index (κ3) is 4.98. The predicted molar refractivity (Wildman–Crippen MR) is 86.9 cm³/mol. The van der Waals surface area contributed by atoms with E-state index in [1.165, 1.54) is 11.3 Å². The molecule has 22 heavy (non-hydrogen) atoms. The summed E-state index contributed by atoms with van der Waals surface area (Å²) in [5.74, 6) is -0.216. The lowest BCUT2D eigenvalue weighted by Gasteiger charge is -2.07. The molecule has 1 aromatic carbocycles. The fourth-order valence-electron chi connectivity index (χ4n) is 1.92. The van der Waals surface area contributed by atoms with Gasteiger partial charge in [-0.25, -0.2) is 0 Å². The van der Waals surface area contributed by atoms with E-state index in [4.69, 9.17) is 5.11 Å². The van der Waals surface area contributed by atoms with Crippen molar-refractivity contribution in [3.05, 3.63) is 52.2 Å². The van der Waals surface area contributed by atoms with Gasteiger partial charge < -0.3 is 15.7 Å². The van der Waals surface area contributed by atoms with Crippen molar-refractivity contribution in [1.82, 2.24) is 5.32 Å². The molecule has 0 bridgehead atoms. The second-order valence-electron chi connectivity index (χ2n) is 4.74. The van der Waals surface area contributed by atoms with E-state index in [1.54, 1.807) is 30.3 Å². The number of rotatable bonds is 7. The summed E-state index contributed by atoms with van der Waals surface area (Å²) in [5.41, 5.74) is 1.42. The van der Waals surface area contributed by atoms with Gasteiger partial charge in [0.25, 0.3) is 5.91 Å². The normalized spacial score (nSPS) is 10.2. The lowest BCUT2D eigenvalue weighted by atomic mass is 10.2. The van der Waals surface area contributed by atoms with E-state index in [0.29, 0.717) is 30.0 Å². The van der Waals surface area contributed by atoms with Crippen molar-refractivity contribution in [2.75, 3.05) is 11.9 Å². The van der Waals surface area contributed by atoms with Crippen molar-refractivity contribution >= 4 is 28.8 Å². The van der Waals surface area contributed by atoms with E-state index in [-0.39, 0.29) is 18.4 Å². The Bertz CT molecular complexity index is 626. The molecule has 116 valence electrons. The topological polar surface area (TPSA) is 78.4 Å². The highest BCUT2D eigenvalue weighted by atomic mass is 32.1. The van der Waals surface area contributed by atoms with Gasteiger partial charge in [-0.3, -0.25) is 9.59 Å². The molecule has 5 nitrogen and oxygen atoms in total. The van der Waals surface area contributed by atoms with Crippen molar-refractivity contribution in [1.29, 1.82) is 0 Å². The molecule has 0 saturated heterocycles. The van der Waals surface area contributed by atoms with Crippen LogP contribution in [0.5, 0.6) is 0 Å². The molecule has 6 heteroatoms. The highest BCUT2D eigenvalue weighted by Gasteiger charge is 2.06. The molecule has 0 atom stereocenters. The quantitative estimate of drug-likeness (QED) is 0.686. The molecule has 0 unspecified atom stereocenters. The number of aliphatic hydroxyl groups is 1. The summed E-state index contributed by atoms with van der Waals surface area (Å²) >= 11 is 1.39. The molecule has 2 aromatic rings. The summed E-state index contributed by atoms with van der Waals surface area (Å²) in [6.07, 6.45) is 0.900. The maximum Gasteiger partial charge on any atom is 0.261 e. The second kappa shape index (κ2) is 8.31. The number of nitrogens with one attached hydrogen (secondary N) is 2. The molecule has 0 spiro atoms. The number of carbonyl (C=O) groups is 2. The predicted octanol–water partition coefficient (Wildman–Crippen LogP) is 2.39. The first-order valence-electron chi connectivity index (χ1n) is 7.00. The van der Waals surface area contributed by atoms with E-state index in [1.807, 2.05) is 11.4 Å². The minimum Gasteiger partial charge on any atom is -0.392 e. The van der Waals surface area contributed by atoms with E-state index >= 15 is 0 Å². The van der Waals surface area contributed by atoms with Gasteiger partial charge in [-0.05, 0) is 35.6 Å². The van der Waals surface area contributed by atoms with Crippen molar-refractivity contribution in [2.24, 2.45) is 0 Å². The molecule has 3 N–H and O–H groups in total. The second-order valence-corrected chi connectivity index (χ2v) is 5.69. The zero-order valence-electron chi connectivity index (χ0n) is 12.0. The standard InChI is InChI=1S/C16H18N2O3S/c19-11-12-4-1-5-13(10-12)18-15(20)7-2-8-17-16(21)14-6-3-9-22-14/h1,3-6,9-10,19H,2,7-8,11H2,(H,17,21)(H,18,20). The van der Waals surface area contributed by atoms with Gasteiger partial charge in [-0.1, -0.05) is 18.2 Å². The van der Waals surface area contributed by atoms with Gasteiger partial charge in [0.05, 0.1) is 11.5 Å². The highest BCUT2D eigenvalue weighted by molar-refractivity contribution is 7.12. The Morgan fingerprint density at radius 1 is 1.18 bits per heavy atom. The zero-order valence-corrected chi connectivity index (χ0v) is 12.9. The first-order valence-corrected chi connectivity index (χ1v) is 7.88. The number of hydrogen-bond donors (Lipinski definition) is 3. The average Bonchev–Trinajstić information content (AvgIpc) is 3.06. The Kier molecular flexibility index (Phi) is 6.12. The van der Waals surface area contributed by atoms with Crippen molar-refractivity contribution < 1.29 is 14.7 Å². The van der Waals surface area contributed by atoms with Crippen LogP contribution in [0.4, 0.5) is 5.69 Å². The Morgan fingerprint density at radius 2 is 2.05 bits per heavy atom. The number of hydrogen-bond acceptors (Lipinski definition) is 4. The van der Waals surface area contributed by atoms with Crippen LogP contribution in [0.3, 0.4) is 0 Å². The summed E-state index contributed by atoms with van der Waals surface area (Å²) in [4.78, 5) is 24.2. The number of benzene rings is 1. The molecule has 0 aliphatic carbocycles. The summed E-state index contributed by atoms with van der Waals surface area (Å²) in [5, 5.41) is 16.5. The number of thiophene rings is 1. The number of carbonyl (C=O) groups excluding carboxylic acids is 2. The van der Waals surface area contributed by atoms with Crippen LogP contribution in [0.1, 0.15) is 28.1 Å². The van der Waals surface area contributed by atoms with Gasteiger partial charge in [-0.15, -0.1) is 11.3 Å². The smallest absolute Gasteiger partial charge is 0.261 e. The molecule has 0 aliphatic heterocycles. The van der Waals surface area contributed by atoms with Gasteiger partial charge in [-0.2, -0.15) is 0 Å². The molecule has 0 fully saturated rings. The molecule has 0 aliphatic rings. The van der Waals surface area contributed by atoms with Gasteiger partial charge in [0, 0.05) is 18.7 Å². The molecule has 0 radical (unpaired) electrons. The average molecular weight is 318 g/mol. The number of amides is 2. The molecular weight excluding hydrogens is 300 g/mol. The Hall–Kier alpha value is -2.18. The molecule has 2 rings (SSSR count). The Morgan fingerprint density at radius 3 is 2.77 bits per heavy atom. The van der Waals surface area contributed by atoms with Crippen LogP contribution in [0.25, 0.3) is 0 Å². The van der Waals surface area contributed by atoms with Crippen LogP contribution in [-0.4, -0.2) is 23.5 Å². The minimum atomic E-state index is -0.111. The van der Waals surface area contributed by atoms with Gasteiger partial charge in [0.1, 0.15) is 0 Å². The third-order valence-electron chi connectivity index (χ3n) is 3.00. The SMILES string of the molecule is O=C(CCCNC(=O)c1cccs1)Nc1cccc(CO)c1. The maximum absolute atomic E-state index is 11.8. The maximum atomic E-state index is 11.8. The molecule has 1 aromatic heterocycles. The Labute approximate surface area is 133 Å². The van der Waals surface area contributed by atoms with E-state index in [9.17, 15) is 9.59 Å². The van der Waals surface area contributed by atoms with Crippen LogP contribution in [0.15, 0.2) is 41.8 Å². The molecule has 0 saturated carbocycles. The van der Waals surface area contributed by atoms with Crippen LogP contribution in [0, 0.1) is 0 Å². The largest absolute Gasteiger partial charge is 0.392 e. The van der Waals surface area contributed by atoms with Crippen LogP contribution >= 0.6 is 11.3 Å². The van der Waals surface area contributed by atoms with E-state index < -0.39 is 0 Å². The first kappa shape index (κ1) is 16.2.